The minimum Gasteiger partial charge on any atom is -0.480 e. The van der Waals surface area contributed by atoms with Crippen molar-refractivity contribution in [1.29, 1.82) is 0 Å². The molecule has 0 aromatic heterocycles. The molecule has 0 fully saturated rings. The van der Waals surface area contributed by atoms with Gasteiger partial charge in [-0.05, 0) is 52.6 Å². The van der Waals surface area contributed by atoms with Crippen molar-refractivity contribution in [3.63, 3.8) is 0 Å². The van der Waals surface area contributed by atoms with E-state index >= 15 is 0 Å². The van der Waals surface area contributed by atoms with Crippen molar-refractivity contribution >= 4 is 40.4 Å². The fraction of sp³-hybridized carbons (Fsp3) is 0.471. The van der Waals surface area contributed by atoms with Crippen molar-refractivity contribution in [1.82, 2.24) is 10.6 Å². The van der Waals surface area contributed by atoms with Gasteiger partial charge in [0.2, 0.25) is 11.8 Å². The highest BCUT2D eigenvalue weighted by molar-refractivity contribution is 14.1. The van der Waals surface area contributed by atoms with Gasteiger partial charge >= 0.3 is 5.97 Å². The molecule has 1 rings (SSSR count). The molecule has 24 heavy (non-hydrogen) atoms. The Morgan fingerprint density at radius 2 is 1.83 bits per heavy atom. The van der Waals surface area contributed by atoms with Crippen LogP contribution in [0.1, 0.15) is 32.8 Å². The first-order valence-corrected chi connectivity index (χ1v) is 8.81. The van der Waals surface area contributed by atoms with E-state index in [-0.39, 0.29) is 18.2 Å². The van der Waals surface area contributed by atoms with Crippen LogP contribution in [-0.2, 0) is 20.8 Å². The zero-order valence-corrected chi connectivity index (χ0v) is 16.2. The zero-order chi connectivity index (χ0) is 18.3. The van der Waals surface area contributed by atoms with E-state index in [4.69, 9.17) is 0 Å². The maximum atomic E-state index is 12.4. The van der Waals surface area contributed by atoms with Crippen molar-refractivity contribution < 1.29 is 19.5 Å². The van der Waals surface area contributed by atoms with Gasteiger partial charge in [-0.1, -0.05) is 26.0 Å². The van der Waals surface area contributed by atoms with E-state index in [1.807, 2.05) is 38.1 Å². The van der Waals surface area contributed by atoms with Gasteiger partial charge in [-0.3, -0.25) is 9.59 Å². The monoisotopic (exact) mass is 446 g/mol. The molecule has 7 heteroatoms. The molecule has 0 radical (unpaired) electrons. The first-order chi connectivity index (χ1) is 11.2. The normalized spacial score (nSPS) is 13.2. The summed E-state index contributed by atoms with van der Waals surface area (Å²) in [5.41, 5.74) is 0.828. The van der Waals surface area contributed by atoms with Gasteiger partial charge in [0.15, 0.2) is 0 Å². The van der Waals surface area contributed by atoms with Crippen molar-refractivity contribution in [3.8, 4) is 0 Å². The molecule has 0 unspecified atom stereocenters. The number of halogens is 1. The summed E-state index contributed by atoms with van der Waals surface area (Å²) >= 11 is 2.15. The summed E-state index contributed by atoms with van der Waals surface area (Å²) in [7, 11) is 0. The number of aliphatic carboxylic acids is 1. The third-order valence-corrected chi connectivity index (χ3v) is 4.02. The standard InChI is InChI=1S/C17H23IN2O4/c1-10(2)7-14(19-11(3)21)16(22)20-15(17(23)24)9-12-5-4-6-13(18)8-12/h4-6,8,10,14-15H,7,9H2,1-3H3,(H,19,21)(H,20,22)(H,23,24)/t14-,15-/m0/s1. The Hall–Kier alpha value is -1.64. The molecule has 132 valence electrons. The third-order valence-electron chi connectivity index (χ3n) is 3.34. The summed E-state index contributed by atoms with van der Waals surface area (Å²) in [6.07, 6.45) is 0.632. The van der Waals surface area contributed by atoms with Crippen LogP contribution in [0.25, 0.3) is 0 Å². The van der Waals surface area contributed by atoms with Gasteiger partial charge < -0.3 is 15.7 Å². The lowest BCUT2D eigenvalue weighted by Gasteiger charge is -2.22. The summed E-state index contributed by atoms with van der Waals surface area (Å²) in [6, 6.07) is 5.68. The molecule has 0 saturated heterocycles. The van der Waals surface area contributed by atoms with E-state index in [2.05, 4.69) is 33.2 Å². The Morgan fingerprint density at radius 3 is 2.33 bits per heavy atom. The molecule has 0 spiro atoms. The van der Waals surface area contributed by atoms with Crippen LogP contribution >= 0.6 is 22.6 Å². The van der Waals surface area contributed by atoms with Crippen LogP contribution in [0.5, 0.6) is 0 Å². The van der Waals surface area contributed by atoms with Gasteiger partial charge in [-0.2, -0.15) is 0 Å². The minimum atomic E-state index is -1.10. The lowest BCUT2D eigenvalue weighted by Crippen LogP contribution is -2.52. The molecule has 0 aliphatic carbocycles. The lowest BCUT2D eigenvalue weighted by atomic mass is 10.0. The van der Waals surface area contributed by atoms with E-state index in [9.17, 15) is 19.5 Å². The predicted molar refractivity (Wildman–Crippen MR) is 99.5 cm³/mol. The first-order valence-electron chi connectivity index (χ1n) is 7.73. The topological polar surface area (TPSA) is 95.5 Å². The van der Waals surface area contributed by atoms with Gasteiger partial charge in [0.1, 0.15) is 12.1 Å². The van der Waals surface area contributed by atoms with Crippen molar-refractivity contribution in [2.75, 3.05) is 0 Å². The average Bonchev–Trinajstić information content (AvgIpc) is 2.44. The number of hydrogen-bond donors (Lipinski definition) is 3. The Kier molecular flexibility index (Phi) is 8.17. The molecule has 0 bridgehead atoms. The molecule has 0 aliphatic rings. The quantitative estimate of drug-likeness (QED) is 0.532. The molecule has 2 atom stereocenters. The Bertz CT molecular complexity index is 604. The molecule has 0 aliphatic heterocycles. The molecule has 0 saturated carbocycles. The minimum absolute atomic E-state index is 0.187. The van der Waals surface area contributed by atoms with E-state index in [0.29, 0.717) is 6.42 Å². The number of nitrogens with one attached hydrogen (secondary N) is 2. The van der Waals surface area contributed by atoms with Crippen LogP contribution in [0, 0.1) is 9.49 Å². The largest absolute Gasteiger partial charge is 0.480 e. The zero-order valence-electron chi connectivity index (χ0n) is 14.0. The van der Waals surface area contributed by atoms with E-state index in [1.165, 1.54) is 6.92 Å². The van der Waals surface area contributed by atoms with Crippen LogP contribution in [0.2, 0.25) is 0 Å². The number of amides is 2. The van der Waals surface area contributed by atoms with Gasteiger partial charge in [-0.15, -0.1) is 0 Å². The Labute approximate surface area is 155 Å². The number of benzene rings is 1. The summed E-state index contributed by atoms with van der Waals surface area (Å²) < 4.78 is 0.997. The van der Waals surface area contributed by atoms with Crippen LogP contribution in [0.3, 0.4) is 0 Å². The van der Waals surface area contributed by atoms with Crippen molar-refractivity contribution in [3.05, 3.63) is 33.4 Å². The highest BCUT2D eigenvalue weighted by Crippen LogP contribution is 2.11. The SMILES string of the molecule is CC(=O)N[C@@H](CC(C)C)C(=O)N[C@@H](Cc1cccc(I)c1)C(=O)O. The Balaban J connectivity index is 2.83. The van der Waals surface area contributed by atoms with Gasteiger partial charge in [0, 0.05) is 16.9 Å². The number of carboxylic acids is 1. The molecular formula is C17H23IN2O4. The number of carbonyl (C=O) groups excluding carboxylic acids is 2. The Morgan fingerprint density at radius 1 is 1.17 bits per heavy atom. The first kappa shape index (κ1) is 20.4. The number of carboxylic acid groups (broad SMARTS) is 1. The van der Waals surface area contributed by atoms with E-state index in [0.717, 1.165) is 9.13 Å². The van der Waals surface area contributed by atoms with Crippen molar-refractivity contribution in [2.24, 2.45) is 5.92 Å². The van der Waals surface area contributed by atoms with E-state index in [1.54, 1.807) is 0 Å². The molecule has 0 heterocycles. The smallest absolute Gasteiger partial charge is 0.326 e. The van der Waals surface area contributed by atoms with Gasteiger partial charge in [-0.25, -0.2) is 4.79 Å². The van der Waals surface area contributed by atoms with Gasteiger partial charge in [0.25, 0.3) is 0 Å². The van der Waals surface area contributed by atoms with Crippen molar-refractivity contribution in [2.45, 2.75) is 45.7 Å². The summed E-state index contributed by atoms with van der Waals surface area (Å²) in [4.78, 5) is 35.2. The summed E-state index contributed by atoms with van der Waals surface area (Å²) in [5, 5.41) is 14.5. The molecule has 1 aromatic carbocycles. The molecule has 6 nitrogen and oxygen atoms in total. The highest BCUT2D eigenvalue weighted by Gasteiger charge is 2.26. The second kappa shape index (κ2) is 9.61. The second-order valence-corrected chi connectivity index (χ2v) is 7.36. The lowest BCUT2D eigenvalue weighted by molar-refractivity contribution is -0.142. The fourth-order valence-electron chi connectivity index (χ4n) is 2.32. The third kappa shape index (κ3) is 7.29. The van der Waals surface area contributed by atoms with E-state index < -0.39 is 24.0 Å². The van der Waals surface area contributed by atoms with Crippen LogP contribution in [0.4, 0.5) is 0 Å². The van der Waals surface area contributed by atoms with Gasteiger partial charge in [0.05, 0.1) is 0 Å². The number of carbonyl (C=O) groups is 3. The van der Waals surface area contributed by atoms with Crippen LogP contribution in [0.15, 0.2) is 24.3 Å². The van der Waals surface area contributed by atoms with Crippen LogP contribution in [-0.4, -0.2) is 35.0 Å². The summed E-state index contributed by atoms with van der Waals surface area (Å²) in [5.74, 6) is -1.71. The maximum absolute atomic E-state index is 12.4. The molecular weight excluding hydrogens is 423 g/mol. The number of hydrogen-bond acceptors (Lipinski definition) is 3. The second-order valence-electron chi connectivity index (χ2n) is 6.12. The fourth-order valence-corrected chi connectivity index (χ4v) is 2.93. The molecule has 2 amide bonds. The average molecular weight is 446 g/mol. The van der Waals surface area contributed by atoms with Crippen LogP contribution < -0.4 is 10.6 Å². The predicted octanol–water partition coefficient (Wildman–Crippen LogP) is 1.95. The maximum Gasteiger partial charge on any atom is 0.326 e. The summed E-state index contributed by atoms with van der Waals surface area (Å²) in [6.45, 7) is 5.20. The number of rotatable bonds is 8. The molecule has 1 aromatic rings. The highest BCUT2D eigenvalue weighted by atomic mass is 127. The molecule has 3 N–H and O–H groups in total.